The van der Waals surface area contributed by atoms with Gasteiger partial charge >= 0.3 is 29.6 Å². The topological polar surface area (TPSA) is 40.1 Å². The maximum absolute atomic E-state index is 11.6. The number of allylic oxidation sites excluding steroid dienone is 1. The van der Waals surface area contributed by atoms with Gasteiger partial charge in [0.25, 0.3) is 0 Å². The van der Waals surface area contributed by atoms with Crippen LogP contribution in [0.3, 0.4) is 0 Å². The fourth-order valence-electron chi connectivity index (χ4n) is 1.59. The molecule has 2 rings (SSSR count). The Bertz CT molecular complexity index is 527. The molecule has 3 heteroatoms. The Kier molecular flexibility index (Phi) is 4.74. The molecule has 74 valence electrons. The Labute approximate surface area is 116 Å². The average Bonchev–Trinajstić information content (AvgIpc) is 2.28. The summed E-state index contributed by atoms with van der Waals surface area (Å²) in [6.45, 7) is 0. The summed E-state index contributed by atoms with van der Waals surface area (Å²) in [5, 5.41) is 12.1. The molecule has 0 saturated carbocycles. The van der Waals surface area contributed by atoms with Crippen molar-refractivity contribution < 1.29 is 39.5 Å². The van der Waals surface area contributed by atoms with Crippen molar-refractivity contribution in [3.05, 3.63) is 60.4 Å². The zero-order chi connectivity index (χ0) is 10.7. The summed E-state index contributed by atoms with van der Waals surface area (Å²) in [4.78, 5) is 11.6. The molecule has 0 amide bonds. The van der Waals surface area contributed by atoms with E-state index in [0.717, 1.165) is 16.8 Å². The van der Waals surface area contributed by atoms with Crippen LogP contribution in [-0.4, -0.2) is 5.78 Å². The number of ketones is 1. The molecular formula is C13H9NaO2. The molecule has 0 radical (unpaired) electrons. The zero-order valence-corrected chi connectivity index (χ0v) is 11.0. The van der Waals surface area contributed by atoms with Gasteiger partial charge in [0.1, 0.15) is 0 Å². The van der Waals surface area contributed by atoms with Gasteiger partial charge in [-0.15, -0.1) is 6.26 Å². The fraction of sp³-hybridized carbons (Fsp3) is 0. The number of rotatable bonds is 2. The van der Waals surface area contributed by atoms with E-state index in [1.165, 1.54) is 0 Å². The van der Waals surface area contributed by atoms with E-state index in [-0.39, 0.29) is 35.3 Å². The van der Waals surface area contributed by atoms with Crippen LogP contribution in [0.2, 0.25) is 0 Å². The Hall–Kier alpha value is -1.09. The predicted octanol–water partition coefficient (Wildman–Crippen LogP) is -1.10. The van der Waals surface area contributed by atoms with Crippen LogP contribution in [0.25, 0.3) is 10.8 Å². The summed E-state index contributed by atoms with van der Waals surface area (Å²) in [7, 11) is 0. The van der Waals surface area contributed by atoms with Crippen molar-refractivity contribution in [2.45, 2.75) is 0 Å². The van der Waals surface area contributed by atoms with Gasteiger partial charge in [-0.25, -0.2) is 0 Å². The molecule has 0 bridgehead atoms. The van der Waals surface area contributed by atoms with E-state index < -0.39 is 0 Å². The molecule has 0 aromatic heterocycles. The molecule has 0 fully saturated rings. The van der Waals surface area contributed by atoms with Crippen molar-refractivity contribution in [1.82, 2.24) is 0 Å². The smallest absolute Gasteiger partial charge is 0.878 e. The van der Waals surface area contributed by atoms with Crippen LogP contribution in [0.5, 0.6) is 0 Å². The summed E-state index contributed by atoms with van der Waals surface area (Å²) in [6, 6.07) is 13.1. The second-order valence-electron chi connectivity index (χ2n) is 3.19. The van der Waals surface area contributed by atoms with Crippen molar-refractivity contribution in [2.75, 3.05) is 0 Å². The molecule has 0 unspecified atom stereocenters. The summed E-state index contributed by atoms with van der Waals surface area (Å²) in [6.07, 6.45) is 1.56. The van der Waals surface area contributed by atoms with Gasteiger partial charge in [0.05, 0.1) is 0 Å². The third kappa shape index (κ3) is 2.53. The first-order valence-corrected chi connectivity index (χ1v) is 4.63. The predicted molar refractivity (Wildman–Crippen MR) is 57.4 cm³/mol. The summed E-state index contributed by atoms with van der Waals surface area (Å²) >= 11 is 0. The number of hydrogen-bond acceptors (Lipinski definition) is 2. The van der Waals surface area contributed by atoms with Crippen LogP contribution < -0.4 is 34.7 Å². The zero-order valence-electron chi connectivity index (χ0n) is 9.01. The van der Waals surface area contributed by atoms with E-state index >= 15 is 0 Å². The Balaban J connectivity index is 0.00000128. The van der Waals surface area contributed by atoms with E-state index in [1.54, 1.807) is 6.07 Å². The molecule has 2 nitrogen and oxygen atoms in total. The Morgan fingerprint density at radius 2 is 1.75 bits per heavy atom. The maximum atomic E-state index is 11.6. The van der Waals surface area contributed by atoms with Crippen molar-refractivity contribution in [3.63, 3.8) is 0 Å². The van der Waals surface area contributed by atoms with Gasteiger partial charge in [-0.05, 0) is 16.8 Å². The van der Waals surface area contributed by atoms with Gasteiger partial charge in [-0.1, -0.05) is 42.5 Å². The molecular weight excluding hydrogens is 211 g/mol. The molecule has 0 heterocycles. The van der Waals surface area contributed by atoms with Crippen LogP contribution in [0, 0.1) is 0 Å². The minimum Gasteiger partial charge on any atom is -0.878 e. The van der Waals surface area contributed by atoms with Gasteiger partial charge in [0.15, 0.2) is 5.78 Å². The molecule has 2 aromatic rings. The summed E-state index contributed by atoms with van der Waals surface area (Å²) in [5.41, 5.74) is 0.570. The minimum absolute atomic E-state index is 0. The Morgan fingerprint density at radius 1 is 1.06 bits per heavy atom. The molecule has 0 aliphatic carbocycles. The Morgan fingerprint density at radius 3 is 2.50 bits per heavy atom. The number of carbonyl (C=O) groups excluding carboxylic acids is 1. The van der Waals surface area contributed by atoms with Crippen LogP contribution in [0.1, 0.15) is 10.4 Å². The molecule has 0 N–H and O–H groups in total. The largest absolute Gasteiger partial charge is 1.00 e. The van der Waals surface area contributed by atoms with Crippen LogP contribution >= 0.6 is 0 Å². The van der Waals surface area contributed by atoms with Gasteiger partial charge in [0, 0.05) is 5.56 Å². The van der Waals surface area contributed by atoms with Crippen LogP contribution in [0.15, 0.2) is 54.8 Å². The number of hydrogen-bond donors (Lipinski definition) is 0. The fourth-order valence-corrected chi connectivity index (χ4v) is 1.59. The summed E-state index contributed by atoms with van der Waals surface area (Å²) < 4.78 is 0. The van der Waals surface area contributed by atoms with Crippen molar-refractivity contribution in [2.24, 2.45) is 0 Å². The second-order valence-corrected chi connectivity index (χ2v) is 3.19. The molecule has 0 atom stereocenters. The first-order chi connectivity index (χ1) is 7.33. The molecule has 2 aromatic carbocycles. The van der Waals surface area contributed by atoms with E-state index in [4.69, 9.17) is 0 Å². The molecule has 0 spiro atoms. The maximum Gasteiger partial charge on any atom is 1.00 e. The van der Waals surface area contributed by atoms with E-state index in [1.807, 2.05) is 36.4 Å². The molecule has 0 aliphatic rings. The normalized spacial score (nSPS) is 10.2. The summed E-state index contributed by atoms with van der Waals surface area (Å²) in [5.74, 6) is -0.248. The monoisotopic (exact) mass is 220 g/mol. The number of benzene rings is 2. The van der Waals surface area contributed by atoms with Gasteiger partial charge in [-0.3, -0.25) is 4.79 Å². The third-order valence-corrected chi connectivity index (χ3v) is 2.27. The second kappa shape index (κ2) is 5.85. The standard InChI is InChI=1S/C13H10O2.Na/c14-9-8-13(15)12-7-3-5-10-4-1-2-6-11(10)12;/h1-9,14H;/q;+1/p-1. The SMILES string of the molecule is O=C(C=C[O-])c1cccc2ccccc12.[Na+]. The third-order valence-electron chi connectivity index (χ3n) is 2.27. The van der Waals surface area contributed by atoms with E-state index in [2.05, 4.69) is 0 Å². The minimum atomic E-state index is -0.248. The van der Waals surface area contributed by atoms with Gasteiger partial charge in [-0.2, -0.15) is 0 Å². The first-order valence-electron chi connectivity index (χ1n) is 4.63. The molecule has 0 saturated heterocycles. The molecule has 16 heavy (non-hydrogen) atoms. The van der Waals surface area contributed by atoms with Crippen molar-refractivity contribution >= 4 is 16.6 Å². The number of fused-ring (bicyclic) bond motifs is 1. The van der Waals surface area contributed by atoms with E-state index in [9.17, 15) is 9.90 Å². The van der Waals surface area contributed by atoms with Crippen LogP contribution in [-0.2, 0) is 0 Å². The average molecular weight is 220 g/mol. The van der Waals surface area contributed by atoms with Crippen molar-refractivity contribution in [1.29, 1.82) is 0 Å². The van der Waals surface area contributed by atoms with Crippen LogP contribution in [0.4, 0.5) is 0 Å². The van der Waals surface area contributed by atoms with Gasteiger partial charge < -0.3 is 5.11 Å². The molecule has 0 aliphatic heterocycles. The van der Waals surface area contributed by atoms with Gasteiger partial charge in [0.2, 0.25) is 0 Å². The van der Waals surface area contributed by atoms with E-state index in [0.29, 0.717) is 11.8 Å². The van der Waals surface area contributed by atoms with Crippen molar-refractivity contribution in [3.8, 4) is 0 Å². The first kappa shape index (κ1) is 13.0. The quantitative estimate of drug-likeness (QED) is 0.279. The number of carbonyl (C=O) groups is 1.